The van der Waals surface area contributed by atoms with E-state index in [1.807, 2.05) is 13.0 Å². The van der Waals surface area contributed by atoms with Gasteiger partial charge in [0.25, 0.3) is 0 Å². The lowest BCUT2D eigenvalue weighted by Crippen LogP contribution is -1.93. The van der Waals surface area contributed by atoms with E-state index in [4.69, 9.17) is 17.0 Å². The van der Waals surface area contributed by atoms with Crippen molar-refractivity contribution in [3.05, 3.63) is 35.5 Å². The Kier molecular flexibility index (Phi) is 3.26. The lowest BCUT2D eigenvalue weighted by atomic mass is 10.2. The Hall–Kier alpha value is -1.75. The summed E-state index contributed by atoms with van der Waals surface area (Å²) in [5.74, 6) is 0.739. The molecule has 0 radical (unpaired) electrons. The molecule has 0 saturated heterocycles. The van der Waals surface area contributed by atoms with Gasteiger partial charge in [0.05, 0.1) is 30.9 Å². The van der Waals surface area contributed by atoms with Crippen molar-refractivity contribution in [2.24, 2.45) is 0 Å². The molecule has 4 nitrogen and oxygen atoms in total. The molecule has 0 fully saturated rings. The van der Waals surface area contributed by atoms with Crippen LogP contribution in [0.1, 0.15) is 6.92 Å². The minimum Gasteiger partial charge on any atom is -0.492 e. The largest absolute Gasteiger partial charge is 0.492 e. The van der Waals surface area contributed by atoms with Crippen LogP contribution in [-0.4, -0.2) is 21.6 Å². The van der Waals surface area contributed by atoms with Gasteiger partial charge in [0, 0.05) is 11.8 Å². The third-order valence-corrected chi connectivity index (χ3v) is 2.20. The Balaban J connectivity index is 2.40. The first-order valence-electron chi connectivity index (χ1n) is 4.92. The van der Waals surface area contributed by atoms with Crippen LogP contribution in [-0.2, 0) is 0 Å². The molecule has 0 aliphatic rings. The summed E-state index contributed by atoms with van der Waals surface area (Å²) < 4.78 is 5.97. The molecule has 2 aromatic rings. The maximum absolute atomic E-state index is 5.38. The molecule has 0 amide bonds. The van der Waals surface area contributed by atoms with Crippen molar-refractivity contribution in [2.45, 2.75) is 6.92 Å². The molecule has 82 valence electrons. The number of H-pyrrole nitrogens is 1. The summed E-state index contributed by atoms with van der Waals surface area (Å²) in [7, 11) is 0. The normalized spacial score (nSPS) is 10.1. The molecule has 0 unspecified atom stereocenters. The number of ether oxygens (including phenoxy) is 1. The third kappa shape index (κ3) is 2.43. The molecule has 0 aliphatic carbocycles. The zero-order chi connectivity index (χ0) is 11.4. The standard InChI is InChI=1S/C11H11N3OS/c1-2-15-9-3-8(4-12-5-9)10-6-13-7-11(16)14-10/h3-7H,2H2,1H3,(H,14,16). The molecule has 0 bridgehead atoms. The molecule has 0 aliphatic heterocycles. The number of aromatic nitrogens is 3. The molecule has 2 heterocycles. The highest BCUT2D eigenvalue weighted by Gasteiger charge is 2.01. The van der Waals surface area contributed by atoms with Crippen LogP contribution in [0.4, 0.5) is 0 Å². The molecule has 0 saturated carbocycles. The summed E-state index contributed by atoms with van der Waals surface area (Å²) in [6.45, 7) is 2.55. The SMILES string of the molecule is CCOc1cncc(-c2cncc(=S)[nH]2)c1. The molecule has 2 aromatic heterocycles. The predicted octanol–water partition coefficient (Wildman–Crippen LogP) is 2.60. The van der Waals surface area contributed by atoms with Crippen LogP contribution >= 0.6 is 12.2 Å². The van der Waals surface area contributed by atoms with E-state index in [1.54, 1.807) is 24.8 Å². The lowest BCUT2D eigenvalue weighted by Gasteiger charge is -2.05. The van der Waals surface area contributed by atoms with E-state index in [1.165, 1.54) is 0 Å². The van der Waals surface area contributed by atoms with Crippen molar-refractivity contribution in [2.75, 3.05) is 6.61 Å². The van der Waals surface area contributed by atoms with E-state index in [-0.39, 0.29) is 0 Å². The molecular formula is C11H11N3OS. The van der Waals surface area contributed by atoms with Crippen LogP contribution in [0.2, 0.25) is 0 Å². The van der Waals surface area contributed by atoms with E-state index >= 15 is 0 Å². The molecule has 2 rings (SSSR count). The summed E-state index contributed by atoms with van der Waals surface area (Å²) in [4.78, 5) is 11.2. The number of pyridine rings is 1. The van der Waals surface area contributed by atoms with Gasteiger partial charge in [0.1, 0.15) is 10.4 Å². The zero-order valence-electron chi connectivity index (χ0n) is 8.80. The fraction of sp³-hybridized carbons (Fsp3) is 0.182. The van der Waals surface area contributed by atoms with Gasteiger partial charge in [-0.25, -0.2) is 0 Å². The second-order valence-corrected chi connectivity index (χ2v) is 3.59. The Morgan fingerprint density at radius 3 is 2.81 bits per heavy atom. The molecular weight excluding hydrogens is 222 g/mol. The summed E-state index contributed by atoms with van der Waals surface area (Å²) in [6.07, 6.45) is 6.73. The molecule has 0 atom stereocenters. The minimum atomic E-state index is 0.597. The molecule has 5 heteroatoms. The van der Waals surface area contributed by atoms with E-state index in [2.05, 4.69) is 15.0 Å². The Labute approximate surface area is 98.3 Å². The number of aromatic amines is 1. The van der Waals surface area contributed by atoms with Crippen LogP contribution in [0.25, 0.3) is 11.3 Å². The van der Waals surface area contributed by atoms with E-state index in [0.29, 0.717) is 11.2 Å². The third-order valence-electron chi connectivity index (χ3n) is 1.99. The number of nitrogens with one attached hydrogen (secondary N) is 1. The number of hydrogen-bond donors (Lipinski definition) is 1. The number of rotatable bonds is 3. The summed E-state index contributed by atoms with van der Waals surface area (Å²) >= 11 is 5.01. The quantitative estimate of drug-likeness (QED) is 0.828. The average Bonchev–Trinajstić information content (AvgIpc) is 2.30. The van der Waals surface area contributed by atoms with Crippen LogP contribution < -0.4 is 4.74 Å². The van der Waals surface area contributed by atoms with Gasteiger partial charge in [0.2, 0.25) is 0 Å². The van der Waals surface area contributed by atoms with E-state index in [9.17, 15) is 0 Å². The van der Waals surface area contributed by atoms with Crippen molar-refractivity contribution in [1.82, 2.24) is 15.0 Å². The van der Waals surface area contributed by atoms with E-state index in [0.717, 1.165) is 17.0 Å². The Bertz CT molecular complexity index is 539. The molecule has 0 spiro atoms. The van der Waals surface area contributed by atoms with Gasteiger partial charge in [-0.3, -0.25) is 9.97 Å². The summed E-state index contributed by atoms with van der Waals surface area (Å²) in [5.41, 5.74) is 1.74. The van der Waals surface area contributed by atoms with Crippen molar-refractivity contribution < 1.29 is 4.74 Å². The van der Waals surface area contributed by atoms with Gasteiger partial charge >= 0.3 is 0 Å². The zero-order valence-corrected chi connectivity index (χ0v) is 9.62. The predicted molar refractivity (Wildman–Crippen MR) is 63.8 cm³/mol. The van der Waals surface area contributed by atoms with Gasteiger partial charge in [-0.2, -0.15) is 0 Å². The first-order valence-corrected chi connectivity index (χ1v) is 5.33. The molecule has 1 N–H and O–H groups in total. The highest BCUT2D eigenvalue weighted by molar-refractivity contribution is 7.71. The molecule has 16 heavy (non-hydrogen) atoms. The van der Waals surface area contributed by atoms with Gasteiger partial charge in [-0.15, -0.1) is 0 Å². The summed E-state index contributed by atoms with van der Waals surface area (Å²) in [5, 5.41) is 0. The maximum atomic E-state index is 5.38. The number of hydrogen-bond acceptors (Lipinski definition) is 4. The van der Waals surface area contributed by atoms with E-state index < -0.39 is 0 Å². The Morgan fingerprint density at radius 1 is 1.25 bits per heavy atom. The Morgan fingerprint density at radius 2 is 2.06 bits per heavy atom. The topological polar surface area (TPSA) is 50.8 Å². The van der Waals surface area contributed by atoms with Gasteiger partial charge in [-0.05, 0) is 13.0 Å². The highest BCUT2D eigenvalue weighted by Crippen LogP contribution is 2.19. The van der Waals surface area contributed by atoms with Gasteiger partial charge in [0.15, 0.2) is 0 Å². The van der Waals surface area contributed by atoms with Crippen molar-refractivity contribution in [3.8, 4) is 17.0 Å². The first-order chi connectivity index (χ1) is 7.79. The van der Waals surface area contributed by atoms with Crippen molar-refractivity contribution in [3.63, 3.8) is 0 Å². The second kappa shape index (κ2) is 4.85. The van der Waals surface area contributed by atoms with Gasteiger partial charge in [-0.1, -0.05) is 12.2 Å². The van der Waals surface area contributed by atoms with Crippen LogP contribution in [0, 0.1) is 4.64 Å². The minimum absolute atomic E-state index is 0.597. The van der Waals surface area contributed by atoms with Crippen molar-refractivity contribution in [1.29, 1.82) is 0 Å². The number of nitrogens with zero attached hydrogens (tertiary/aromatic N) is 2. The van der Waals surface area contributed by atoms with Crippen molar-refractivity contribution >= 4 is 12.2 Å². The maximum Gasteiger partial charge on any atom is 0.138 e. The summed E-state index contributed by atoms with van der Waals surface area (Å²) in [6, 6.07) is 1.90. The smallest absolute Gasteiger partial charge is 0.138 e. The molecule has 0 aromatic carbocycles. The second-order valence-electron chi connectivity index (χ2n) is 3.15. The lowest BCUT2D eigenvalue weighted by molar-refractivity contribution is 0.339. The average molecular weight is 233 g/mol. The van der Waals surface area contributed by atoms with Gasteiger partial charge < -0.3 is 9.72 Å². The first kappa shape index (κ1) is 10.8. The van der Waals surface area contributed by atoms with Crippen LogP contribution in [0.3, 0.4) is 0 Å². The van der Waals surface area contributed by atoms with Crippen LogP contribution in [0.15, 0.2) is 30.9 Å². The van der Waals surface area contributed by atoms with Crippen LogP contribution in [0.5, 0.6) is 5.75 Å². The monoisotopic (exact) mass is 233 g/mol. The fourth-order valence-electron chi connectivity index (χ4n) is 1.34. The fourth-order valence-corrected chi connectivity index (χ4v) is 1.51. The highest BCUT2D eigenvalue weighted by atomic mass is 32.1.